The average Bonchev–Trinajstić information content (AvgIpc) is 3.23. The van der Waals surface area contributed by atoms with E-state index in [0.29, 0.717) is 12.3 Å². The van der Waals surface area contributed by atoms with Gasteiger partial charge in [-0.05, 0) is 44.2 Å². The van der Waals surface area contributed by atoms with Crippen molar-refractivity contribution in [1.29, 1.82) is 0 Å². The number of rotatable bonds is 9. The number of nitrogens with zero attached hydrogens (tertiary/aromatic N) is 3. The summed E-state index contributed by atoms with van der Waals surface area (Å²) < 4.78 is 26.2. The maximum absolute atomic E-state index is 13.2. The Bertz CT molecular complexity index is 985. The standard InChI is InChI=1S/C22H33N3O3S2/c1-5-17(4)25(18-11-13-30(27,28)15-18)21(26)14-29-22-23-19-8-6-7-9-20(19)24(22)12-10-16(2)3/h6-9,16-18H,5,10-15H2,1-4H3/t17-,18-/m0/s1. The number of carbonyl (C=O) groups is 1. The summed E-state index contributed by atoms with van der Waals surface area (Å²) in [7, 11) is -3.04. The van der Waals surface area contributed by atoms with Gasteiger partial charge in [-0.1, -0.05) is 44.7 Å². The van der Waals surface area contributed by atoms with Crippen molar-refractivity contribution < 1.29 is 13.2 Å². The minimum absolute atomic E-state index is 0.00100. The maximum atomic E-state index is 13.2. The number of fused-ring (bicyclic) bond motifs is 1. The highest BCUT2D eigenvalue weighted by molar-refractivity contribution is 7.99. The van der Waals surface area contributed by atoms with Crippen LogP contribution in [0.5, 0.6) is 0 Å². The zero-order chi connectivity index (χ0) is 21.9. The van der Waals surface area contributed by atoms with Gasteiger partial charge in [0.1, 0.15) is 0 Å². The van der Waals surface area contributed by atoms with Gasteiger partial charge in [-0.15, -0.1) is 0 Å². The van der Waals surface area contributed by atoms with Gasteiger partial charge in [0.25, 0.3) is 0 Å². The van der Waals surface area contributed by atoms with Crippen molar-refractivity contribution in [3.8, 4) is 0 Å². The molecular formula is C22H33N3O3S2. The van der Waals surface area contributed by atoms with E-state index in [9.17, 15) is 13.2 Å². The van der Waals surface area contributed by atoms with Crippen LogP contribution in [0.1, 0.15) is 47.0 Å². The highest BCUT2D eigenvalue weighted by Crippen LogP contribution is 2.27. The molecule has 0 radical (unpaired) electrons. The second-order valence-electron chi connectivity index (χ2n) is 8.62. The van der Waals surface area contributed by atoms with Gasteiger partial charge in [0.05, 0.1) is 28.3 Å². The first-order chi connectivity index (χ1) is 14.2. The topological polar surface area (TPSA) is 72.3 Å². The van der Waals surface area contributed by atoms with E-state index in [-0.39, 0.29) is 35.2 Å². The quantitative estimate of drug-likeness (QED) is 0.539. The molecule has 0 saturated carbocycles. The summed E-state index contributed by atoms with van der Waals surface area (Å²) in [6, 6.07) is 7.88. The fraction of sp³-hybridized carbons (Fsp3) is 0.636. The molecule has 2 atom stereocenters. The summed E-state index contributed by atoms with van der Waals surface area (Å²) >= 11 is 1.46. The predicted octanol–water partition coefficient (Wildman–Crippen LogP) is 3.99. The van der Waals surface area contributed by atoms with Gasteiger partial charge in [-0.2, -0.15) is 0 Å². The maximum Gasteiger partial charge on any atom is 0.233 e. The van der Waals surface area contributed by atoms with E-state index in [2.05, 4.69) is 24.5 Å². The van der Waals surface area contributed by atoms with E-state index < -0.39 is 9.84 Å². The lowest BCUT2D eigenvalue weighted by Gasteiger charge is -2.33. The molecule has 1 aromatic carbocycles. The van der Waals surface area contributed by atoms with Gasteiger partial charge >= 0.3 is 0 Å². The molecule has 6 nitrogen and oxygen atoms in total. The van der Waals surface area contributed by atoms with Crippen molar-refractivity contribution in [1.82, 2.24) is 14.5 Å². The van der Waals surface area contributed by atoms with Crippen molar-refractivity contribution in [3.05, 3.63) is 24.3 Å². The smallest absolute Gasteiger partial charge is 0.233 e. The lowest BCUT2D eigenvalue weighted by molar-refractivity contribution is -0.132. The summed E-state index contributed by atoms with van der Waals surface area (Å²) in [5, 5.41) is 0.855. The summed E-state index contributed by atoms with van der Waals surface area (Å²) in [6.07, 6.45) is 2.39. The zero-order valence-electron chi connectivity index (χ0n) is 18.4. The van der Waals surface area contributed by atoms with E-state index in [1.54, 1.807) is 0 Å². The average molecular weight is 452 g/mol. The molecular weight excluding hydrogens is 418 g/mol. The third-order valence-electron chi connectivity index (χ3n) is 5.83. The van der Waals surface area contributed by atoms with Crippen LogP contribution in [-0.2, 0) is 21.2 Å². The summed E-state index contributed by atoms with van der Waals surface area (Å²) in [5.74, 6) is 1.11. The van der Waals surface area contributed by atoms with Crippen molar-refractivity contribution in [2.24, 2.45) is 5.92 Å². The number of benzene rings is 1. The summed E-state index contributed by atoms with van der Waals surface area (Å²) in [4.78, 5) is 19.8. The molecule has 0 aliphatic carbocycles. The van der Waals surface area contributed by atoms with Crippen LogP contribution in [-0.4, -0.2) is 58.1 Å². The molecule has 1 aliphatic heterocycles. The molecule has 2 aromatic rings. The third-order valence-corrected chi connectivity index (χ3v) is 8.54. The minimum Gasteiger partial charge on any atom is -0.335 e. The number of amides is 1. The first-order valence-corrected chi connectivity index (χ1v) is 13.6. The Hall–Kier alpha value is -1.54. The molecule has 3 rings (SSSR count). The van der Waals surface area contributed by atoms with Crippen LogP contribution in [0.4, 0.5) is 0 Å². The SMILES string of the molecule is CC[C@H](C)N(C(=O)CSc1nc2ccccc2n1CCC(C)C)[C@H]1CCS(=O)(=O)C1. The number of para-hydroxylation sites is 2. The van der Waals surface area contributed by atoms with Crippen molar-refractivity contribution in [2.75, 3.05) is 17.3 Å². The van der Waals surface area contributed by atoms with Crippen molar-refractivity contribution in [2.45, 2.75) is 70.7 Å². The van der Waals surface area contributed by atoms with Crippen molar-refractivity contribution in [3.63, 3.8) is 0 Å². The van der Waals surface area contributed by atoms with Crippen LogP contribution < -0.4 is 0 Å². The molecule has 0 N–H and O–H groups in total. The fourth-order valence-corrected chi connectivity index (χ4v) is 6.59. The van der Waals surface area contributed by atoms with E-state index in [1.807, 2.05) is 36.9 Å². The van der Waals surface area contributed by atoms with Gasteiger partial charge in [0.15, 0.2) is 15.0 Å². The largest absolute Gasteiger partial charge is 0.335 e. The third kappa shape index (κ3) is 5.38. The molecule has 1 fully saturated rings. The lowest BCUT2D eigenvalue weighted by Crippen LogP contribution is -2.47. The Morgan fingerprint density at radius 1 is 1.30 bits per heavy atom. The Labute approximate surface area is 184 Å². The first-order valence-electron chi connectivity index (χ1n) is 10.8. The molecule has 1 saturated heterocycles. The minimum atomic E-state index is -3.04. The lowest BCUT2D eigenvalue weighted by atomic mass is 10.1. The number of imidazole rings is 1. The van der Waals surface area contributed by atoms with Gasteiger partial charge in [-0.25, -0.2) is 13.4 Å². The van der Waals surface area contributed by atoms with Crippen molar-refractivity contribution >= 4 is 38.5 Å². The van der Waals surface area contributed by atoms with Crippen LogP contribution >= 0.6 is 11.8 Å². The first kappa shape index (κ1) is 23.1. The van der Waals surface area contributed by atoms with E-state index in [1.165, 1.54) is 11.8 Å². The molecule has 30 heavy (non-hydrogen) atoms. The van der Waals surface area contributed by atoms with E-state index in [0.717, 1.165) is 35.6 Å². The number of sulfone groups is 1. The van der Waals surface area contributed by atoms with Crippen LogP contribution in [0, 0.1) is 5.92 Å². The summed E-state index contributed by atoms with van der Waals surface area (Å²) in [6.45, 7) is 9.31. The molecule has 8 heteroatoms. The molecule has 0 bridgehead atoms. The Kier molecular flexibility index (Phi) is 7.50. The van der Waals surface area contributed by atoms with Crippen LogP contribution in [0.25, 0.3) is 11.0 Å². The van der Waals surface area contributed by atoms with Crippen LogP contribution in [0.15, 0.2) is 29.4 Å². The number of aryl methyl sites for hydroxylation is 1. The molecule has 1 aromatic heterocycles. The molecule has 2 heterocycles. The van der Waals surface area contributed by atoms with E-state index in [4.69, 9.17) is 4.98 Å². The summed E-state index contributed by atoms with van der Waals surface area (Å²) in [5.41, 5.74) is 2.03. The van der Waals surface area contributed by atoms with Crippen LogP contribution in [0.3, 0.4) is 0 Å². The normalized spacial score (nSPS) is 19.4. The monoisotopic (exact) mass is 451 g/mol. The molecule has 1 aliphatic rings. The predicted molar refractivity (Wildman–Crippen MR) is 124 cm³/mol. The number of carbonyl (C=O) groups excluding carboxylic acids is 1. The Morgan fingerprint density at radius 2 is 2.03 bits per heavy atom. The molecule has 1 amide bonds. The zero-order valence-corrected chi connectivity index (χ0v) is 20.0. The molecule has 0 spiro atoms. The molecule has 0 unspecified atom stereocenters. The highest BCUT2D eigenvalue weighted by atomic mass is 32.2. The second kappa shape index (κ2) is 9.73. The number of aromatic nitrogens is 2. The van der Waals surface area contributed by atoms with Gasteiger partial charge in [0.2, 0.25) is 5.91 Å². The Balaban J connectivity index is 1.78. The van der Waals surface area contributed by atoms with Gasteiger partial charge in [0, 0.05) is 18.6 Å². The highest BCUT2D eigenvalue weighted by Gasteiger charge is 2.36. The van der Waals surface area contributed by atoms with Crippen LogP contribution in [0.2, 0.25) is 0 Å². The van der Waals surface area contributed by atoms with Gasteiger partial charge < -0.3 is 9.47 Å². The Morgan fingerprint density at radius 3 is 2.67 bits per heavy atom. The van der Waals surface area contributed by atoms with Gasteiger partial charge in [-0.3, -0.25) is 4.79 Å². The van der Waals surface area contributed by atoms with E-state index >= 15 is 0 Å². The second-order valence-corrected chi connectivity index (χ2v) is 11.8. The fourth-order valence-electron chi connectivity index (χ4n) is 3.97. The number of hydrogen-bond donors (Lipinski definition) is 0. The molecule has 166 valence electrons. The number of hydrogen-bond acceptors (Lipinski definition) is 5. The number of thioether (sulfide) groups is 1.